The Morgan fingerprint density at radius 1 is 0.864 bits per heavy atom. The molecule has 2 rings (SSSR count). The van der Waals surface area contributed by atoms with Gasteiger partial charge in [-0.25, -0.2) is 8.78 Å². The van der Waals surface area contributed by atoms with E-state index in [4.69, 9.17) is 0 Å². The lowest BCUT2D eigenvalue weighted by Crippen LogP contribution is -2.42. The number of hydrogen-bond donors (Lipinski definition) is 2. The van der Waals surface area contributed by atoms with Crippen LogP contribution in [0, 0.1) is 11.6 Å². The summed E-state index contributed by atoms with van der Waals surface area (Å²) in [4.78, 5) is 23.5. The van der Waals surface area contributed by atoms with Crippen molar-refractivity contribution in [1.29, 1.82) is 0 Å². The van der Waals surface area contributed by atoms with Crippen LogP contribution in [0.4, 0.5) is 8.78 Å². The highest BCUT2D eigenvalue weighted by molar-refractivity contribution is 9.10. The summed E-state index contributed by atoms with van der Waals surface area (Å²) in [5, 5.41) is 0. The van der Waals surface area contributed by atoms with Crippen LogP contribution in [-0.2, 0) is 0 Å². The van der Waals surface area contributed by atoms with Crippen LogP contribution in [0.15, 0.2) is 45.3 Å². The van der Waals surface area contributed by atoms with E-state index in [1.54, 1.807) is 0 Å². The minimum atomic E-state index is -0.823. The van der Waals surface area contributed by atoms with Crippen molar-refractivity contribution in [2.45, 2.75) is 0 Å². The third kappa shape index (κ3) is 3.89. The summed E-state index contributed by atoms with van der Waals surface area (Å²) in [7, 11) is 0. The molecule has 0 atom stereocenters. The van der Waals surface area contributed by atoms with Crippen LogP contribution < -0.4 is 10.9 Å². The van der Waals surface area contributed by atoms with Crippen molar-refractivity contribution in [2.75, 3.05) is 0 Å². The molecule has 0 heterocycles. The molecule has 22 heavy (non-hydrogen) atoms. The number of carbonyl (C=O) groups excluding carboxylic acids is 2. The van der Waals surface area contributed by atoms with Gasteiger partial charge in [-0.3, -0.25) is 20.4 Å². The van der Waals surface area contributed by atoms with Gasteiger partial charge in [0.25, 0.3) is 11.8 Å². The van der Waals surface area contributed by atoms with E-state index < -0.39 is 23.4 Å². The van der Waals surface area contributed by atoms with E-state index in [0.717, 1.165) is 12.1 Å². The van der Waals surface area contributed by atoms with Crippen molar-refractivity contribution in [3.63, 3.8) is 0 Å². The Morgan fingerprint density at radius 2 is 1.55 bits per heavy atom. The normalized spacial score (nSPS) is 10.2. The van der Waals surface area contributed by atoms with Gasteiger partial charge in [-0.2, -0.15) is 0 Å². The molecule has 0 saturated heterocycles. The molecule has 0 aliphatic carbocycles. The number of hydrazine groups is 1. The Bertz CT molecular complexity index is 754. The van der Waals surface area contributed by atoms with Crippen LogP contribution in [0.25, 0.3) is 0 Å². The van der Waals surface area contributed by atoms with E-state index in [-0.39, 0.29) is 15.6 Å². The van der Waals surface area contributed by atoms with Gasteiger partial charge in [-0.15, -0.1) is 0 Å². The van der Waals surface area contributed by atoms with Crippen molar-refractivity contribution >= 4 is 43.7 Å². The molecule has 0 unspecified atom stereocenters. The predicted octanol–water partition coefficient (Wildman–Crippen LogP) is 3.56. The zero-order valence-electron chi connectivity index (χ0n) is 10.8. The first-order valence-electron chi connectivity index (χ1n) is 5.89. The van der Waals surface area contributed by atoms with Crippen LogP contribution in [0.1, 0.15) is 20.7 Å². The third-order valence-electron chi connectivity index (χ3n) is 2.65. The third-order valence-corrected chi connectivity index (χ3v) is 3.78. The molecule has 2 N–H and O–H groups in total. The Morgan fingerprint density at radius 3 is 2.18 bits per heavy atom. The van der Waals surface area contributed by atoms with Crippen molar-refractivity contribution in [1.82, 2.24) is 10.9 Å². The van der Waals surface area contributed by atoms with Gasteiger partial charge in [-0.1, -0.05) is 15.9 Å². The monoisotopic (exact) mass is 432 g/mol. The fourth-order valence-corrected chi connectivity index (χ4v) is 2.14. The molecule has 0 saturated carbocycles. The highest BCUT2D eigenvalue weighted by Crippen LogP contribution is 2.16. The molecule has 2 amide bonds. The van der Waals surface area contributed by atoms with E-state index in [1.807, 2.05) is 0 Å². The zero-order valence-corrected chi connectivity index (χ0v) is 14.0. The standard InChI is InChI=1S/C14H8Br2F2N2O2/c15-8-2-3-9(11(17)6-8)14(22)20-19-13(21)7-1-4-10(16)12(18)5-7/h1-6H,(H,19,21)(H,20,22). The van der Waals surface area contributed by atoms with E-state index >= 15 is 0 Å². The smallest absolute Gasteiger partial charge is 0.267 e. The lowest BCUT2D eigenvalue weighted by atomic mass is 10.2. The molecular formula is C14H8Br2F2N2O2. The number of hydrogen-bond acceptors (Lipinski definition) is 2. The molecule has 0 aliphatic heterocycles. The second-order valence-electron chi connectivity index (χ2n) is 4.16. The van der Waals surface area contributed by atoms with E-state index in [0.29, 0.717) is 4.47 Å². The zero-order chi connectivity index (χ0) is 16.3. The fraction of sp³-hybridized carbons (Fsp3) is 0. The van der Waals surface area contributed by atoms with Crippen LogP contribution >= 0.6 is 31.9 Å². The molecule has 0 spiro atoms. The highest BCUT2D eigenvalue weighted by atomic mass is 79.9. The van der Waals surface area contributed by atoms with Crippen molar-refractivity contribution in [2.24, 2.45) is 0 Å². The SMILES string of the molecule is O=C(NNC(=O)c1ccc(Br)cc1F)c1ccc(Br)c(F)c1. The molecule has 8 heteroatoms. The van der Waals surface area contributed by atoms with Gasteiger partial charge in [0.05, 0.1) is 10.0 Å². The lowest BCUT2D eigenvalue weighted by Gasteiger charge is -2.08. The largest absolute Gasteiger partial charge is 0.272 e. The summed E-state index contributed by atoms with van der Waals surface area (Å²) in [6.45, 7) is 0. The van der Waals surface area contributed by atoms with Crippen molar-refractivity contribution in [3.05, 3.63) is 68.1 Å². The molecule has 2 aromatic carbocycles. The first-order chi connectivity index (χ1) is 10.4. The maximum atomic E-state index is 13.6. The number of rotatable bonds is 2. The summed E-state index contributed by atoms with van der Waals surface area (Å²) in [6.07, 6.45) is 0. The number of nitrogens with one attached hydrogen (secondary N) is 2. The lowest BCUT2D eigenvalue weighted by molar-refractivity contribution is 0.0844. The molecule has 0 aliphatic rings. The predicted molar refractivity (Wildman–Crippen MR) is 83.1 cm³/mol. The van der Waals surface area contributed by atoms with Gasteiger partial charge in [0, 0.05) is 10.0 Å². The maximum absolute atomic E-state index is 13.6. The Hall–Kier alpha value is -1.80. The van der Waals surface area contributed by atoms with Crippen molar-refractivity contribution < 1.29 is 18.4 Å². The second kappa shape index (κ2) is 6.97. The Balaban J connectivity index is 2.04. The number of halogens is 4. The number of amides is 2. The first kappa shape index (κ1) is 16.6. The average Bonchev–Trinajstić information content (AvgIpc) is 2.47. The maximum Gasteiger partial charge on any atom is 0.272 e. The van der Waals surface area contributed by atoms with Crippen molar-refractivity contribution in [3.8, 4) is 0 Å². The Kier molecular flexibility index (Phi) is 5.25. The Labute approximate surface area is 141 Å². The van der Waals surface area contributed by atoms with Gasteiger partial charge in [-0.05, 0) is 52.3 Å². The van der Waals surface area contributed by atoms with Crippen LogP contribution in [0.3, 0.4) is 0 Å². The first-order valence-corrected chi connectivity index (χ1v) is 7.48. The molecule has 0 fully saturated rings. The highest BCUT2D eigenvalue weighted by Gasteiger charge is 2.14. The molecule has 0 radical (unpaired) electrons. The molecule has 2 aromatic rings. The summed E-state index contributed by atoms with van der Waals surface area (Å²) in [5.74, 6) is -2.90. The summed E-state index contributed by atoms with van der Waals surface area (Å²) in [5.41, 5.74) is 3.93. The molecule has 0 aromatic heterocycles. The minimum Gasteiger partial charge on any atom is -0.267 e. The summed E-state index contributed by atoms with van der Waals surface area (Å²) in [6, 6.07) is 7.62. The quantitative estimate of drug-likeness (QED) is 0.711. The van der Waals surface area contributed by atoms with Gasteiger partial charge in [0.1, 0.15) is 11.6 Å². The molecule has 4 nitrogen and oxygen atoms in total. The summed E-state index contributed by atoms with van der Waals surface area (Å²) < 4.78 is 27.6. The van der Waals surface area contributed by atoms with E-state index in [2.05, 4.69) is 42.7 Å². The topological polar surface area (TPSA) is 58.2 Å². The minimum absolute atomic E-state index is 0.0114. The van der Waals surface area contributed by atoms with Crippen LogP contribution in [0.5, 0.6) is 0 Å². The van der Waals surface area contributed by atoms with Crippen LogP contribution in [-0.4, -0.2) is 11.8 Å². The average molecular weight is 434 g/mol. The fourth-order valence-electron chi connectivity index (χ4n) is 1.56. The molecule has 0 bridgehead atoms. The second-order valence-corrected chi connectivity index (χ2v) is 5.93. The number of benzene rings is 2. The van der Waals surface area contributed by atoms with Gasteiger partial charge in [0.15, 0.2) is 0 Å². The van der Waals surface area contributed by atoms with Gasteiger partial charge in [0.2, 0.25) is 0 Å². The molecule has 114 valence electrons. The van der Waals surface area contributed by atoms with Crippen LogP contribution in [0.2, 0.25) is 0 Å². The van der Waals surface area contributed by atoms with Gasteiger partial charge >= 0.3 is 0 Å². The summed E-state index contributed by atoms with van der Waals surface area (Å²) >= 11 is 6.03. The van der Waals surface area contributed by atoms with E-state index in [9.17, 15) is 18.4 Å². The molecular weight excluding hydrogens is 426 g/mol. The van der Waals surface area contributed by atoms with E-state index in [1.165, 1.54) is 24.3 Å². The van der Waals surface area contributed by atoms with Gasteiger partial charge < -0.3 is 0 Å². The number of carbonyl (C=O) groups is 2.